The van der Waals surface area contributed by atoms with Crippen molar-refractivity contribution in [1.82, 2.24) is 9.78 Å². The van der Waals surface area contributed by atoms with Crippen LogP contribution in [0.3, 0.4) is 0 Å². The molecule has 22 heavy (non-hydrogen) atoms. The average Bonchev–Trinajstić information content (AvgIpc) is 3.10. The van der Waals surface area contributed by atoms with Gasteiger partial charge in [-0.3, -0.25) is 0 Å². The summed E-state index contributed by atoms with van der Waals surface area (Å²) in [6, 6.07) is 16.0. The van der Waals surface area contributed by atoms with E-state index in [4.69, 9.17) is 16.7 Å². The molecule has 1 N–H and O–H groups in total. The van der Waals surface area contributed by atoms with Gasteiger partial charge in [0, 0.05) is 27.2 Å². The molecule has 0 aliphatic carbocycles. The minimum atomic E-state index is 0.729. The Labute approximate surface area is 142 Å². The predicted octanol–water partition coefficient (Wildman–Crippen LogP) is 4.92. The number of anilines is 1. The van der Waals surface area contributed by atoms with Crippen molar-refractivity contribution < 1.29 is 0 Å². The number of benzene rings is 2. The van der Waals surface area contributed by atoms with Crippen molar-refractivity contribution >= 4 is 33.3 Å². The number of hydrogen-bond donors (Lipinski definition) is 1. The first-order valence-electron chi connectivity index (χ1n) is 7.10. The third-order valence-electron chi connectivity index (χ3n) is 3.82. The Morgan fingerprint density at radius 2 is 1.95 bits per heavy atom. The Morgan fingerprint density at radius 1 is 1.14 bits per heavy atom. The van der Waals surface area contributed by atoms with Crippen LogP contribution in [0.15, 0.2) is 53.0 Å². The van der Waals surface area contributed by atoms with Crippen LogP contribution in [0.2, 0.25) is 5.02 Å². The molecular weight excluding hydrogens is 362 g/mol. The maximum absolute atomic E-state index is 5.98. The second kappa shape index (κ2) is 5.45. The van der Waals surface area contributed by atoms with Gasteiger partial charge in [0.1, 0.15) is 5.82 Å². The van der Waals surface area contributed by atoms with E-state index in [1.807, 2.05) is 41.1 Å². The van der Waals surface area contributed by atoms with E-state index >= 15 is 0 Å². The zero-order valence-electron chi connectivity index (χ0n) is 11.7. The van der Waals surface area contributed by atoms with E-state index in [0.29, 0.717) is 0 Å². The van der Waals surface area contributed by atoms with Crippen LogP contribution >= 0.6 is 27.5 Å². The lowest BCUT2D eigenvalue weighted by Crippen LogP contribution is -2.04. The van der Waals surface area contributed by atoms with Gasteiger partial charge in [-0.1, -0.05) is 39.7 Å². The lowest BCUT2D eigenvalue weighted by Gasteiger charge is -2.06. The van der Waals surface area contributed by atoms with E-state index in [9.17, 15) is 0 Å². The van der Waals surface area contributed by atoms with Gasteiger partial charge in [-0.15, -0.1) is 0 Å². The molecule has 1 aromatic heterocycles. The van der Waals surface area contributed by atoms with Gasteiger partial charge in [0.05, 0.1) is 11.4 Å². The molecule has 0 saturated carbocycles. The Hall–Kier alpha value is -1.78. The summed E-state index contributed by atoms with van der Waals surface area (Å²) in [7, 11) is 0. The number of hydrogen-bond acceptors (Lipinski definition) is 2. The highest BCUT2D eigenvalue weighted by Crippen LogP contribution is 2.35. The maximum atomic E-state index is 5.98. The summed E-state index contributed by atoms with van der Waals surface area (Å²) in [5, 5.41) is 9.01. The summed E-state index contributed by atoms with van der Waals surface area (Å²) >= 11 is 9.52. The number of nitrogens with zero attached hydrogens (tertiary/aromatic N) is 2. The van der Waals surface area contributed by atoms with Crippen LogP contribution in [0, 0.1) is 0 Å². The van der Waals surface area contributed by atoms with Crippen LogP contribution in [0.1, 0.15) is 5.56 Å². The fourth-order valence-electron chi connectivity index (χ4n) is 2.81. The van der Waals surface area contributed by atoms with E-state index in [2.05, 4.69) is 33.4 Å². The summed E-state index contributed by atoms with van der Waals surface area (Å²) in [5.74, 6) is 1.08. The molecule has 0 spiro atoms. The van der Waals surface area contributed by atoms with Gasteiger partial charge in [-0.2, -0.15) is 5.10 Å². The first-order chi connectivity index (χ1) is 10.7. The van der Waals surface area contributed by atoms with E-state index < -0.39 is 0 Å². The number of nitrogens with one attached hydrogen (secondary N) is 1. The highest BCUT2D eigenvalue weighted by Gasteiger charge is 2.23. The monoisotopic (exact) mass is 373 g/mol. The lowest BCUT2D eigenvalue weighted by atomic mass is 10.1. The minimum Gasteiger partial charge on any atom is -0.369 e. The van der Waals surface area contributed by atoms with Crippen LogP contribution < -0.4 is 5.32 Å². The van der Waals surface area contributed by atoms with Crippen LogP contribution in [-0.2, 0) is 6.42 Å². The SMILES string of the molecule is Clc1ccc(-n2nc(-c3cccc(Br)c3)c3c2NCC3)cc1. The summed E-state index contributed by atoms with van der Waals surface area (Å²) in [4.78, 5) is 0. The molecule has 110 valence electrons. The van der Waals surface area contributed by atoms with Gasteiger partial charge in [0.15, 0.2) is 0 Å². The molecule has 2 aromatic carbocycles. The second-order valence-electron chi connectivity index (χ2n) is 5.25. The van der Waals surface area contributed by atoms with Gasteiger partial charge in [-0.05, 0) is 42.8 Å². The van der Waals surface area contributed by atoms with E-state index in [1.54, 1.807) is 0 Å². The van der Waals surface area contributed by atoms with E-state index in [1.165, 1.54) is 5.56 Å². The highest BCUT2D eigenvalue weighted by atomic mass is 79.9. The van der Waals surface area contributed by atoms with Crippen molar-refractivity contribution in [1.29, 1.82) is 0 Å². The lowest BCUT2D eigenvalue weighted by molar-refractivity contribution is 0.882. The van der Waals surface area contributed by atoms with Crippen molar-refractivity contribution in [2.75, 3.05) is 11.9 Å². The van der Waals surface area contributed by atoms with Gasteiger partial charge >= 0.3 is 0 Å². The molecule has 0 fully saturated rings. The molecule has 3 nitrogen and oxygen atoms in total. The number of aromatic nitrogens is 2. The Balaban J connectivity index is 1.88. The molecule has 1 aliphatic rings. The van der Waals surface area contributed by atoms with E-state index in [0.717, 1.165) is 45.2 Å². The maximum Gasteiger partial charge on any atom is 0.133 e. The Bertz CT molecular complexity index is 840. The highest BCUT2D eigenvalue weighted by molar-refractivity contribution is 9.10. The zero-order valence-corrected chi connectivity index (χ0v) is 14.0. The molecule has 4 rings (SSSR count). The Kier molecular flexibility index (Phi) is 3.43. The molecule has 5 heteroatoms. The molecule has 0 bridgehead atoms. The van der Waals surface area contributed by atoms with Crippen molar-refractivity contribution in [3.05, 3.63) is 63.6 Å². The predicted molar refractivity (Wildman–Crippen MR) is 93.9 cm³/mol. The second-order valence-corrected chi connectivity index (χ2v) is 6.60. The molecule has 0 radical (unpaired) electrons. The number of fused-ring (bicyclic) bond motifs is 1. The van der Waals surface area contributed by atoms with E-state index in [-0.39, 0.29) is 0 Å². The minimum absolute atomic E-state index is 0.729. The van der Waals surface area contributed by atoms with Crippen LogP contribution in [0.5, 0.6) is 0 Å². The summed E-state index contributed by atoms with van der Waals surface area (Å²) in [6.45, 7) is 0.946. The van der Waals surface area contributed by atoms with Gasteiger partial charge in [0.25, 0.3) is 0 Å². The number of rotatable bonds is 2. The molecule has 0 atom stereocenters. The van der Waals surface area contributed by atoms with Crippen LogP contribution in [-0.4, -0.2) is 16.3 Å². The first-order valence-corrected chi connectivity index (χ1v) is 8.27. The van der Waals surface area contributed by atoms with Gasteiger partial charge < -0.3 is 5.32 Å². The first kappa shape index (κ1) is 13.9. The molecule has 0 unspecified atom stereocenters. The quantitative estimate of drug-likeness (QED) is 0.690. The fraction of sp³-hybridized carbons (Fsp3) is 0.118. The summed E-state index contributed by atoms with van der Waals surface area (Å²) < 4.78 is 3.03. The molecule has 1 aliphatic heterocycles. The molecule has 0 amide bonds. The number of halogens is 2. The van der Waals surface area contributed by atoms with Crippen molar-refractivity contribution in [2.24, 2.45) is 0 Å². The van der Waals surface area contributed by atoms with Gasteiger partial charge in [-0.25, -0.2) is 4.68 Å². The van der Waals surface area contributed by atoms with Crippen LogP contribution in [0.4, 0.5) is 5.82 Å². The normalized spacial score (nSPS) is 13.0. The van der Waals surface area contributed by atoms with Crippen molar-refractivity contribution in [2.45, 2.75) is 6.42 Å². The van der Waals surface area contributed by atoms with Crippen LogP contribution in [0.25, 0.3) is 16.9 Å². The van der Waals surface area contributed by atoms with Crippen molar-refractivity contribution in [3.8, 4) is 16.9 Å². The molecule has 3 aromatic rings. The molecule has 0 saturated heterocycles. The third kappa shape index (κ3) is 2.32. The topological polar surface area (TPSA) is 29.9 Å². The third-order valence-corrected chi connectivity index (χ3v) is 4.57. The largest absolute Gasteiger partial charge is 0.369 e. The molecule has 2 heterocycles. The van der Waals surface area contributed by atoms with Crippen molar-refractivity contribution in [3.63, 3.8) is 0 Å². The average molecular weight is 375 g/mol. The summed E-state index contributed by atoms with van der Waals surface area (Å²) in [6.07, 6.45) is 0.991. The summed E-state index contributed by atoms with van der Waals surface area (Å²) in [5.41, 5.74) is 4.45. The van der Waals surface area contributed by atoms with Gasteiger partial charge in [0.2, 0.25) is 0 Å². The zero-order chi connectivity index (χ0) is 15.1. The smallest absolute Gasteiger partial charge is 0.133 e. The standard InChI is InChI=1S/C17H13BrClN3/c18-12-3-1-2-11(10-12)16-15-8-9-20-17(15)22(21-16)14-6-4-13(19)5-7-14/h1-7,10,20H,8-9H2. The Morgan fingerprint density at radius 3 is 2.73 bits per heavy atom. The molecular formula is C17H13BrClN3. The fourth-order valence-corrected chi connectivity index (χ4v) is 3.34.